The molecule has 2 rings (SSSR count). The Morgan fingerprint density at radius 2 is 2.04 bits per heavy atom. The Balaban J connectivity index is 0.00000288. The number of rotatable bonds is 6. The van der Waals surface area contributed by atoms with E-state index in [1.165, 1.54) is 11.4 Å². The van der Waals surface area contributed by atoms with Gasteiger partial charge in [0.1, 0.15) is 9.77 Å². The van der Waals surface area contributed by atoms with Crippen LogP contribution in [0.5, 0.6) is 0 Å². The van der Waals surface area contributed by atoms with E-state index in [2.05, 4.69) is 5.32 Å². The number of nitrogens with one attached hydrogen (secondary N) is 1. The van der Waals surface area contributed by atoms with Gasteiger partial charge >= 0.3 is 5.97 Å². The lowest BCUT2D eigenvalue weighted by atomic mass is 9.95. The topological polar surface area (TPSA) is 75.7 Å². The number of methoxy groups -OCH3 is 1. The number of halogens is 1. The molecule has 1 aliphatic heterocycles. The molecule has 0 atom stereocenters. The summed E-state index contributed by atoms with van der Waals surface area (Å²) >= 11 is 1.12. The molecule has 0 radical (unpaired) electrons. The average molecular weight is 397 g/mol. The monoisotopic (exact) mass is 396 g/mol. The SMILES string of the molecule is CNCCC1CCN(S(=O)(=O)c2c(C)csc2C(=O)OC)CC1.Cl. The summed E-state index contributed by atoms with van der Waals surface area (Å²) in [6.45, 7) is 3.68. The lowest BCUT2D eigenvalue weighted by molar-refractivity contribution is 0.0602. The minimum atomic E-state index is -3.65. The fraction of sp³-hybridized carbons (Fsp3) is 0.667. The number of hydrogen-bond acceptors (Lipinski definition) is 6. The number of piperidine rings is 1. The second-order valence-electron chi connectivity index (χ2n) is 5.81. The number of esters is 1. The van der Waals surface area contributed by atoms with Gasteiger partial charge in [-0.1, -0.05) is 0 Å². The average Bonchev–Trinajstić information content (AvgIpc) is 2.95. The van der Waals surface area contributed by atoms with Gasteiger partial charge in [0.2, 0.25) is 10.0 Å². The number of carbonyl (C=O) groups excluding carboxylic acids is 1. The number of hydrogen-bond donors (Lipinski definition) is 1. The Kier molecular flexibility index (Phi) is 8.14. The van der Waals surface area contributed by atoms with Crippen molar-refractivity contribution in [2.75, 3.05) is 33.8 Å². The highest BCUT2D eigenvalue weighted by molar-refractivity contribution is 7.89. The second-order valence-corrected chi connectivity index (χ2v) is 8.56. The molecule has 0 saturated carbocycles. The second kappa shape index (κ2) is 9.15. The van der Waals surface area contributed by atoms with Crippen LogP contribution in [0.1, 0.15) is 34.5 Å². The molecule has 9 heteroatoms. The first kappa shape index (κ1) is 21.4. The van der Waals surface area contributed by atoms with Crippen molar-refractivity contribution in [2.45, 2.75) is 31.1 Å². The standard InChI is InChI=1S/C15H24N2O4S2.ClH/c1-11-10-22-13(15(18)21-3)14(11)23(19,20)17-8-5-12(6-9-17)4-7-16-2;/h10,12,16H,4-9H2,1-3H3;1H. The Morgan fingerprint density at radius 3 is 2.58 bits per heavy atom. The molecule has 2 heterocycles. The molecule has 6 nitrogen and oxygen atoms in total. The molecule has 1 aromatic rings. The molecule has 138 valence electrons. The van der Waals surface area contributed by atoms with Gasteiger partial charge in [-0.05, 0) is 56.6 Å². The van der Waals surface area contributed by atoms with E-state index in [9.17, 15) is 13.2 Å². The molecule has 1 aromatic heterocycles. The molecule has 1 saturated heterocycles. The van der Waals surface area contributed by atoms with Crippen molar-refractivity contribution in [1.82, 2.24) is 9.62 Å². The van der Waals surface area contributed by atoms with E-state index in [-0.39, 0.29) is 22.2 Å². The predicted molar refractivity (Wildman–Crippen MR) is 97.7 cm³/mol. The fourth-order valence-corrected chi connectivity index (χ4v) is 6.03. The van der Waals surface area contributed by atoms with E-state index in [1.54, 1.807) is 12.3 Å². The molecule has 0 aliphatic carbocycles. The maximum Gasteiger partial charge on any atom is 0.349 e. The van der Waals surface area contributed by atoms with Gasteiger partial charge < -0.3 is 10.1 Å². The third kappa shape index (κ3) is 4.49. The largest absolute Gasteiger partial charge is 0.465 e. The summed E-state index contributed by atoms with van der Waals surface area (Å²) in [5.41, 5.74) is 0.604. The Labute approximate surface area is 154 Å². The highest BCUT2D eigenvalue weighted by Gasteiger charge is 2.34. The van der Waals surface area contributed by atoms with Crippen molar-refractivity contribution in [3.05, 3.63) is 15.8 Å². The normalized spacial score (nSPS) is 16.6. The number of ether oxygens (including phenoxy) is 1. The molecule has 0 bridgehead atoms. The molecular formula is C15H25ClN2O4S2. The summed E-state index contributed by atoms with van der Waals surface area (Å²) < 4.78 is 32.1. The highest BCUT2D eigenvalue weighted by atomic mass is 35.5. The number of aryl methyl sites for hydroxylation is 1. The minimum Gasteiger partial charge on any atom is -0.465 e. The summed E-state index contributed by atoms with van der Waals surface area (Å²) in [5, 5.41) is 4.82. The molecule has 1 N–H and O–H groups in total. The first-order chi connectivity index (χ1) is 10.9. The zero-order chi connectivity index (χ0) is 17.0. The summed E-state index contributed by atoms with van der Waals surface area (Å²) in [4.78, 5) is 12.1. The van der Waals surface area contributed by atoms with Gasteiger partial charge in [0, 0.05) is 13.1 Å². The lowest BCUT2D eigenvalue weighted by Crippen LogP contribution is -2.39. The molecule has 0 aromatic carbocycles. The maximum absolute atomic E-state index is 12.9. The van der Waals surface area contributed by atoms with Gasteiger partial charge in [0.05, 0.1) is 7.11 Å². The smallest absolute Gasteiger partial charge is 0.349 e. The van der Waals surface area contributed by atoms with Crippen LogP contribution in [0, 0.1) is 12.8 Å². The third-order valence-corrected chi connectivity index (χ3v) is 7.56. The van der Waals surface area contributed by atoms with Gasteiger partial charge in [-0.3, -0.25) is 0 Å². The van der Waals surface area contributed by atoms with Crippen LogP contribution in [0.4, 0.5) is 0 Å². The van der Waals surface area contributed by atoms with Gasteiger partial charge in [0.15, 0.2) is 0 Å². The fourth-order valence-electron chi connectivity index (χ4n) is 2.90. The Bertz CT molecular complexity index is 652. The van der Waals surface area contributed by atoms with Crippen LogP contribution in [0.25, 0.3) is 0 Å². The van der Waals surface area contributed by atoms with Gasteiger partial charge in [0.25, 0.3) is 0 Å². The summed E-state index contributed by atoms with van der Waals surface area (Å²) in [7, 11) is -0.463. The van der Waals surface area contributed by atoms with Crippen LogP contribution < -0.4 is 5.32 Å². The van der Waals surface area contributed by atoms with Crippen molar-refractivity contribution >= 4 is 39.7 Å². The van der Waals surface area contributed by atoms with E-state index in [0.29, 0.717) is 24.6 Å². The van der Waals surface area contributed by atoms with Gasteiger partial charge in [-0.25, -0.2) is 13.2 Å². The maximum atomic E-state index is 12.9. The van der Waals surface area contributed by atoms with Crippen molar-refractivity contribution in [3.8, 4) is 0 Å². The van der Waals surface area contributed by atoms with Crippen LogP contribution in [-0.4, -0.2) is 52.5 Å². The zero-order valence-electron chi connectivity index (χ0n) is 14.2. The summed E-state index contributed by atoms with van der Waals surface area (Å²) in [6.07, 6.45) is 2.78. The zero-order valence-corrected chi connectivity index (χ0v) is 16.7. The van der Waals surface area contributed by atoms with Crippen molar-refractivity contribution in [2.24, 2.45) is 5.92 Å². The summed E-state index contributed by atoms with van der Waals surface area (Å²) in [6, 6.07) is 0. The number of sulfonamides is 1. The van der Waals surface area contributed by atoms with Crippen LogP contribution in [0.15, 0.2) is 10.3 Å². The number of thiophene rings is 1. The molecular weight excluding hydrogens is 372 g/mol. The van der Waals surface area contributed by atoms with Gasteiger partial charge in [-0.2, -0.15) is 4.31 Å². The van der Waals surface area contributed by atoms with E-state index in [1.807, 2.05) is 7.05 Å². The predicted octanol–water partition coefficient (Wildman–Crippen LogP) is 2.28. The van der Waals surface area contributed by atoms with E-state index in [4.69, 9.17) is 4.74 Å². The van der Waals surface area contributed by atoms with Gasteiger partial charge in [-0.15, -0.1) is 23.7 Å². The quantitative estimate of drug-likeness (QED) is 0.746. The molecule has 1 fully saturated rings. The van der Waals surface area contributed by atoms with Crippen molar-refractivity contribution in [1.29, 1.82) is 0 Å². The summed E-state index contributed by atoms with van der Waals surface area (Å²) in [5.74, 6) is -0.0388. The van der Waals surface area contributed by atoms with Crippen molar-refractivity contribution < 1.29 is 17.9 Å². The number of nitrogens with zero attached hydrogens (tertiary/aromatic N) is 1. The first-order valence-corrected chi connectivity index (χ1v) is 10.0. The van der Waals surface area contributed by atoms with E-state index in [0.717, 1.165) is 37.1 Å². The first-order valence-electron chi connectivity index (χ1n) is 7.73. The van der Waals surface area contributed by atoms with Crippen LogP contribution in [-0.2, 0) is 14.8 Å². The third-order valence-electron chi connectivity index (χ3n) is 4.26. The molecule has 0 unspecified atom stereocenters. The highest BCUT2D eigenvalue weighted by Crippen LogP contribution is 2.32. The lowest BCUT2D eigenvalue weighted by Gasteiger charge is -2.31. The number of carbonyl (C=O) groups is 1. The van der Waals surface area contributed by atoms with E-state index < -0.39 is 16.0 Å². The van der Waals surface area contributed by atoms with Crippen LogP contribution in [0.2, 0.25) is 0 Å². The Morgan fingerprint density at radius 1 is 1.42 bits per heavy atom. The molecule has 0 spiro atoms. The molecule has 1 aliphatic rings. The molecule has 24 heavy (non-hydrogen) atoms. The Hall–Kier alpha value is -0.670. The van der Waals surface area contributed by atoms with Crippen molar-refractivity contribution in [3.63, 3.8) is 0 Å². The molecule has 0 amide bonds. The van der Waals surface area contributed by atoms with E-state index >= 15 is 0 Å². The minimum absolute atomic E-state index is 0. The van der Waals surface area contributed by atoms with Crippen LogP contribution in [0.3, 0.4) is 0 Å². The van der Waals surface area contributed by atoms with Crippen LogP contribution >= 0.6 is 23.7 Å².